The maximum atomic E-state index is 6.25. The number of hydrogen-bond acceptors (Lipinski definition) is 4. The van der Waals surface area contributed by atoms with E-state index in [1.54, 1.807) is 6.20 Å². The molecule has 1 atom stereocenters. The van der Waals surface area contributed by atoms with Gasteiger partial charge in [-0.3, -0.25) is 9.67 Å². The summed E-state index contributed by atoms with van der Waals surface area (Å²) in [6.45, 7) is 1.98. The first-order valence-corrected chi connectivity index (χ1v) is 6.60. The first kappa shape index (κ1) is 12.7. The molecule has 1 unspecified atom stereocenters. The fraction of sp³-hybridized carbons (Fsp3) is 0.267. The summed E-state index contributed by atoms with van der Waals surface area (Å²) in [4.78, 5) is 9.00. The fourth-order valence-corrected chi connectivity index (χ4v) is 2.34. The Kier molecular flexibility index (Phi) is 3.20. The molecular formula is C15H17N5. The zero-order valence-corrected chi connectivity index (χ0v) is 11.6. The average Bonchev–Trinajstić information content (AvgIpc) is 2.76. The molecular weight excluding hydrogens is 250 g/mol. The van der Waals surface area contributed by atoms with Crippen molar-refractivity contribution in [2.45, 2.75) is 19.4 Å². The predicted molar refractivity (Wildman–Crippen MR) is 78.1 cm³/mol. The van der Waals surface area contributed by atoms with Crippen LogP contribution in [0, 0.1) is 6.92 Å². The third kappa shape index (κ3) is 2.40. The van der Waals surface area contributed by atoms with E-state index in [9.17, 15) is 0 Å². The van der Waals surface area contributed by atoms with Gasteiger partial charge >= 0.3 is 0 Å². The molecule has 1 aromatic carbocycles. The van der Waals surface area contributed by atoms with Gasteiger partial charge in [0.1, 0.15) is 0 Å². The van der Waals surface area contributed by atoms with Crippen LogP contribution in [0.3, 0.4) is 0 Å². The van der Waals surface area contributed by atoms with Crippen LogP contribution in [0.1, 0.15) is 23.1 Å². The summed E-state index contributed by atoms with van der Waals surface area (Å²) < 4.78 is 1.86. The second kappa shape index (κ2) is 5.02. The van der Waals surface area contributed by atoms with E-state index in [2.05, 4.69) is 15.1 Å². The summed E-state index contributed by atoms with van der Waals surface area (Å²) >= 11 is 0. The summed E-state index contributed by atoms with van der Waals surface area (Å²) in [5.41, 5.74) is 10.9. The predicted octanol–water partition coefficient (Wildman–Crippen LogP) is 1.91. The molecule has 3 rings (SSSR count). The van der Waals surface area contributed by atoms with E-state index >= 15 is 0 Å². The number of hydrogen-bond donors (Lipinski definition) is 1. The van der Waals surface area contributed by atoms with E-state index in [0.717, 1.165) is 28.1 Å². The molecule has 102 valence electrons. The van der Waals surface area contributed by atoms with Gasteiger partial charge in [0, 0.05) is 19.2 Å². The van der Waals surface area contributed by atoms with E-state index in [4.69, 9.17) is 5.73 Å². The number of fused-ring (bicyclic) bond motifs is 1. The lowest BCUT2D eigenvalue weighted by molar-refractivity contribution is 0.628. The highest BCUT2D eigenvalue weighted by molar-refractivity contribution is 5.73. The van der Waals surface area contributed by atoms with Gasteiger partial charge in [0.05, 0.1) is 34.7 Å². The third-order valence-corrected chi connectivity index (χ3v) is 3.38. The molecule has 2 N–H and O–H groups in total. The van der Waals surface area contributed by atoms with Gasteiger partial charge in [-0.25, -0.2) is 4.98 Å². The van der Waals surface area contributed by atoms with Crippen molar-refractivity contribution in [2.24, 2.45) is 12.8 Å². The number of rotatable bonds is 3. The fourth-order valence-electron chi connectivity index (χ4n) is 2.34. The summed E-state index contributed by atoms with van der Waals surface area (Å²) in [6.07, 6.45) is 2.46. The molecule has 5 heteroatoms. The highest BCUT2D eigenvalue weighted by atomic mass is 15.3. The third-order valence-electron chi connectivity index (χ3n) is 3.38. The van der Waals surface area contributed by atoms with E-state index in [-0.39, 0.29) is 6.04 Å². The van der Waals surface area contributed by atoms with E-state index < -0.39 is 0 Å². The van der Waals surface area contributed by atoms with Gasteiger partial charge in [-0.05, 0) is 25.1 Å². The van der Waals surface area contributed by atoms with Crippen molar-refractivity contribution >= 4 is 11.0 Å². The van der Waals surface area contributed by atoms with Gasteiger partial charge in [0.2, 0.25) is 0 Å². The second-order valence-corrected chi connectivity index (χ2v) is 4.99. The molecule has 0 spiro atoms. The molecule has 0 bridgehead atoms. The van der Waals surface area contributed by atoms with Gasteiger partial charge in [-0.2, -0.15) is 5.10 Å². The van der Waals surface area contributed by atoms with Crippen LogP contribution in [0.25, 0.3) is 11.0 Å². The Morgan fingerprint density at radius 1 is 1.25 bits per heavy atom. The Hall–Kier alpha value is -2.27. The topological polar surface area (TPSA) is 69.6 Å². The van der Waals surface area contributed by atoms with Crippen molar-refractivity contribution in [2.75, 3.05) is 0 Å². The molecule has 0 aliphatic rings. The van der Waals surface area contributed by atoms with Crippen LogP contribution in [0.5, 0.6) is 0 Å². The van der Waals surface area contributed by atoms with Crippen molar-refractivity contribution in [3.8, 4) is 0 Å². The molecule has 0 radical (unpaired) electrons. The molecule has 0 saturated heterocycles. The molecule has 0 saturated carbocycles. The summed E-state index contributed by atoms with van der Waals surface area (Å²) in [5.74, 6) is 0. The van der Waals surface area contributed by atoms with Crippen LogP contribution < -0.4 is 5.73 Å². The van der Waals surface area contributed by atoms with Gasteiger partial charge in [-0.15, -0.1) is 0 Å². The van der Waals surface area contributed by atoms with Gasteiger partial charge in [0.25, 0.3) is 0 Å². The summed E-state index contributed by atoms with van der Waals surface area (Å²) in [6, 6.07) is 9.68. The van der Waals surface area contributed by atoms with Crippen molar-refractivity contribution in [1.82, 2.24) is 19.7 Å². The molecule has 3 aromatic rings. The lowest BCUT2D eigenvalue weighted by Gasteiger charge is -2.11. The largest absolute Gasteiger partial charge is 0.322 e. The Balaban J connectivity index is 1.88. The standard InChI is InChI=1S/C15H17N5/c1-10-7-11(20(2)19-10)8-12(16)15-9-17-13-5-3-4-6-14(13)18-15/h3-7,9,12H,8,16H2,1-2H3. The molecule has 5 nitrogen and oxygen atoms in total. The lowest BCUT2D eigenvalue weighted by Crippen LogP contribution is -2.17. The lowest BCUT2D eigenvalue weighted by atomic mass is 10.1. The van der Waals surface area contributed by atoms with Crippen molar-refractivity contribution in [3.63, 3.8) is 0 Å². The van der Waals surface area contributed by atoms with Gasteiger partial charge < -0.3 is 5.73 Å². The second-order valence-electron chi connectivity index (χ2n) is 4.99. The van der Waals surface area contributed by atoms with E-state index in [0.29, 0.717) is 6.42 Å². The maximum absolute atomic E-state index is 6.25. The smallest absolute Gasteiger partial charge is 0.0890 e. The highest BCUT2D eigenvalue weighted by Crippen LogP contribution is 2.16. The number of nitrogens with two attached hydrogens (primary N) is 1. The Morgan fingerprint density at radius 3 is 2.70 bits per heavy atom. The minimum Gasteiger partial charge on any atom is -0.322 e. The monoisotopic (exact) mass is 267 g/mol. The Morgan fingerprint density at radius 2 is 2.00 bits per heavy atom. The zero-order chi connectivity index (χ0) is 14.1. The number of benzene rings is 1. The molecule has 0 fully saturated rings. The molecule has 2 aromatic heterocycles. The zero-order valence-electron chi connectivity index (χ0n) is 11.6. The van der Waals surface area contributed by atoms with Crippen LogP contribution in [0.2, 0.25) is 0 Å². The van der Waals surface area contributed by atoms with Crippen LogP contribution >= 0.6 is 0 Å². The molecule has 0 aliphatic heterocycles. The minimum absolute atomic E-state index is 0.179. The number of aromatic nitrogens is 4. The number of para-hydroxylation sites is 2. The molecule has 0 amide bonds. The first-order valence-electron chi connectivity index (χ1n) is 6.60. The van der Waals surface area contributed by atoms with Crippen LogP contribution in [-0.4, -0.2) is 19.7 Å². The van der Waals surface area contributed by atoms with Crippen molar-refractivity contribution < 1.29 is 0 Å². The highest BCUT2D eigenvalue weighted by Gasteiger charge is 2.13. The van der Waals surface area contributed by atoms with Gasteiger partial charge in [0.15, 0.2) is 0 Å². The summed E-state index contributed by atoms with van der Waals surface area (Å²) in [7, 11) is 1.93. The normalized spacial score (nSPS) is 12.8. The molecule has 20 heavy (non-hydrogen) atoms. The van der Waals surface area contributed by atoms with Crippen molar-refractivity contribution in [3.05, 3.63) is 53.6 Å². The Labute approximate surface area is 117 Å². The number of aryl methyl sites for hydroxylation is 2. The molecule has 0 aliphatic carbocycles. The number of nitrogens with zero attached hydrogens (tertiary/aromatic N) is 4. The SMILES string of the molecule is Cc1cc(CC(N)c2cnc3ccccc3n2)n(C)n1. The van der Waals surface area contributed by atoms with E-state index in [1.165, 1.54) is 0 Å². The molecule has 2 heterocycles. The maximum Gasteiger partial charge on any atom is 0.0890 e. The summed E-state index contributed by atoms with van der Waals surface area (Å²) in [5, 5.41) is 4.33. The van der Waals surface area contributed by atoms with Crippen LogP contribution in [0.15, 0.2) is 36.5 Å². The quantitative estimate of drug-likeness (QED) is 0.787. The average molecular weight is 267 g/mol. The van der Waals surface area contributed by atoms with Crippen LogP contribution in [0.4, 0.5) is 0 Å². The van der Waals surface area contributed by atoms with E-state index in [1.807, 2.05) is 49.0 Å². The minimum atomic E-state index is -0.179. The van der Waals surface area contributed by atoms with Crippen molar-refractivity contribution in [1.29, 1.82) is 0 Å². The first-order chi connectivity index (χ1) is 9.63. The Bertz CT molecular complexity index is 747. The van der Waals surface area contributed by atoms with Gasteiger partial charge in [-0.1, -0.05) is 12.1 Å². The van der Waals surface area contributed by atoms with Crippen LogP contribution in [-0.2, 0) is 13.5 Å².